The fourth-order valence-electron chi connectivity index (χ4n) is 3.22. The van der Waals surface area contributed by atoms with E-state index in [4.69, 9.17) is 0 Å². The Kier molecular flexibility index (Phi) is 3.88. The number of carbonyl (C=O) groups excluding carboxylic acids is 1. The van der Waals surface area contributed by atoms with Gasteiger partial charge in [-0.05, 0) is 62.6 Å². The quantitative estimate of drug-likeness (QED) is 0.692. The monoisotopic (exact) mass is 370 g/mol. The van der Waals surface area contributed by atoms with Gasteiger partial charge in [-0.25, -0.2) is 4.99 Å². The van der Waals surface area contributed by atoms with Crippen LogP contribution in [0.2, 0.25) is 0 Å². The normalized spacial score (nSPS) is 17.4. The van der Waals surface area contributed by atoms with Gasteiger partial charge in [-0.3, -0.25) is 9.69 Å². The van der Waals surface area contributed by atoms with Crippen LogP contribution in [0.5, 0.6) is 0 Å². The molecule has 2 aromatic rings. The van der Waals surface area contributed by atoms with Crippen molar-refractivity contribution in [2.45, 2.75) is 33.1 Å². The molecule has 23 heavy (non-hydrogen) atoms. The summed E-state index contributed by atoms with van der Waals surface area (Å²) >= 11 is 3.56. The van der Waals surface area contributed by atoms with Gasteiger partial charge in [0.05, 0.1) is 16.8 Å². The second-order valence-electron chi connectivity index (χ2n) is 6.40. The van der Waals surface area contributed by atoms with Crippen molar-refractivity contribution < 1.29 is 4.79 Å². The molecule has 0 atom stereocenters. The number of fused-ring (bicyclic) bond motifs is 1. The van der Waals surface area contributed by atoms with Gasteiger partial charge in [0.25, 0.3) is 0 Å². The SMILES string of the molecule is Cc1cccc(N2C(=NC=O)C(C)(C)c3ccc(Br)cc32)c1C. The number of halogens is 1. The third-order valence-corrected chi connectivity index (χ3v) is 5.13. The molecule has 0 aliphatic carbocycles. The van der Waals surface area contributed by atoms with E-state index in [1.54, 1.807) is 0 Å². The highest BCUT2D eigenvalue weighted by atomic mass is 79.9. The Morgan fingerprint density at radius 2 is 1.87 bits per heavy atom. The number of hydrogen-bond donors (Lipinski definition) is 0. The van der Waals surface area contributed by atoms with Crippen LogP contribution >= 0.6 is 15.9 Å². The van der Waals surface area contributed by atoms with Gasteiger partial charge in [0.2, 0.25) is 6.41 Å². The van der Waals surface area contributed by atoms with Crippen molar-refractivity contribution >= 4 is 39.6 Å². The van der Waals surface area contributed by atoms with Gasteiger partial charge in [0.1, 0.15) is 5.84 Å². The fraction of sp³-hybridized carbons (Fsp3) is 0.263. The van der Waals surface area contributed by atoms with E-state index >= 15 is 0 Å². The minimum atomic E-state index is -0.326. The summed E-state index contributed by atoms with van der Waals surface area (Å²) in [5.74, 6) is 0.759. The summed E-state index contributed by atoms with van der Waals surface area (Å²) < 4.78 is 1.01. The van der Waals surface area contributed by atoms with Gasteiger partial charge >= 0.3 is 0 Å². The molecule has 1 heterocycles. The molecule has 4 heteroatoms. The standard InChI is InChI=1S/C19H19BrN2O/c1-12-6-5-7-16(13(12)2)22-17-10-14(20)8-9-15(17)19(3,4)18(22)21-11-23/h5-11H,1-4H3. The van der Waals surface area contributed by atoms with E-state index in [0.29, 0.717) is 6.41 Å². The third-order valence-electron chi connectivity index (χ3n) is 4.64. The molecule has 3 rings (SSSR count). The van der Waals surface area contributed by atoms with Crippen LogP contribution in [-0.4, -0.2) is 12.2 Å². The Morgan fingerprint density at radius 3 is 2.57 bits per heavy atom. The molecule has 0 aromatic heterocycles. The first-order chi connectivity index (χ1) is 10.9. The van der Waals surface area contributed by atoms with Gasteiger partial charge < -0.3 is 0 Å². The lowest BCUT2D eigenvalue weighted by Gasteiger charge is -2.26. The van der Waals surface area contributed by atoms with E-state index in [1.807, 2.05) is 12.1 Å². The van der Waals surface area contributed by atoms with Crippen LogP contribution in [-0.2, 0) is 10.2 Å². The second-order valence-corrected chi connectivity index (χ2v) is 7.31. The highest BCUT2D eigenvalue weighted by molar-refractivity contribution is 9.10. The first-order valence-corrected chi connectivity index (χ1v) is 8.35. The number of aryl methyl sites for hydroxylation is 1. The van der Waals surface area contributed by atoms with Gasteiger partial charge in [-0.1, -0.05) is 34.1 Å². The molecule has 1 aliphatic rings. The zero-order valence-corrected chi connectivity index (χ0v) is 15.3. The lowest BCUT2D eigenvalue weighted by atomic mass is 9.86. The van der Waals surface area contributed by atoms with Gasteiger partial charge in [0, 0.05) is 4.47 Å². The molecule has 0 saturated carbocycles. The van der Waals surface area contributed by atoms with E-state index in [0.717, 1.165) is 21.7 Å². The average molecular weight is 371 g/mol. The average Bonchev–Trinajstić information content (AvgIpc) is 2.70. The minimum Gasteiger partial charge on any atom is -0.297 e. The maximum absolute atomic E-state index is 11.2. The summed E-state index contributed by atoms with van der Waals surface area (Å²) in [5, 5.41) is 0. The molecular formula is C19H19BrN2O. The number of amidine groups is 1. The van der Waals surface area contributed by atoms with Crippen molar-refractivity contribution in [2.24, 2.45) is 4.99 Å². The Hall–Kier alpha value is -1.94. The number of carbonyl (C=O) groups is 1. The zero-order chi connectivity index (χ0) is 16.8. The van der Waals surface area contributed by atoms with Crippen LogP contribution in [0.4, 0.5) is 11.4 Å². The predicted octanol–water partition coefficient (Wildman–Crippen LogP) is 5.05. The van der Waals surface area contributed by atoms with Crippen molar-refractivity contribution in [2.75, 3.05) is 4.90 Å². The van der Waals surface area contributed by atoms with E-state index in [9.17, 15) is 4.79 Å². The molecule has 0 bridgehead atoms. The Bertz CT molecular complexity index is 824. The summed E-state index contributed by atoms with van der Waals surface area (Å²) in [6.07, 6.45) is 0.635. The van der Waals surface area contributed by atoms with E-state index in [-0.39, 0.29) is 5.41 Å². The lowest BCUT2D eigenvalue weighted by Crippen LogP contribution is -2.34. The molecule has 0 spiro atoms. The van der Waals surface area contributed by atoms with Crippen molar-refractivity contribution in [1.29, 1.82) is 0 Å². The molecule has 0 saturated heterocycles. The van der Waals surface area contributed by atoms with Crippen LogP contribution in [0.25, 0.3) is 0 Å². The van der Waals surface area contributed by atoms with Crippen LogP contribution in [0, 0.1) is 13.8 Å². The number of anilines is 2. The molecule has 0 radical (unpaired) electrons. The van der Waals surface area contributed by atoms with E-state index in [1.165, 1.54) is 16.7 Å². The minimum absolute atomic E-state index is 0.326. The first-order valence-electron chi connectivity index (χ1n) is 7.56. The molecule has 3 nitrogen and oxygen atoms in total. The molecule has 1 amide bonds. The van der Waals surface area contributed by atoms with E-state index < -0.39 is 0 Å². The van der Waals surface area contributed by atoms with Crippen molar-refractivity contribution in [1.82, 2.24) is 0 Å². The number of aliphatic imine (C=N–C) groups is 1. The summed E-state index contributed by atoms with van der Waals surface area (Å²) in [6, 6.07) is 12.4. The van der Waals surface area contributed by atoms with Crippen LogP contribution in [0.3, 0.4) is 0 Å². The second kappa shape index (κ2) is 5.60. The maximum Gasteiger partial charge on any atom is 0.234 e. The predicted molar refractivity (Wildman–Crippen MR) is 98.7 cm³/mol. The van der Waals surface area contributed by atoms with Gasteiger partial charge in [-0.15, -0.1) is 0 Å². The molecule has 0 fully saturated rings. The van der Waals surface area contributed by atoms with E-state index in [2.05, 4.69) is 77.8 Å². The van der Waals surface area contributed by atoms with Crippen LogP contribution in [0.15, 0.2) is 45.9 Å². The first kappa shape index (κ1) is 15.9. The lowest BCUT2D eigenvalue weighted by molar-refractivity contribution is -0.106. The van der Waals surface area contributed by atoms with Gasteiger partial charge in [-0.2, -0.15) is 0 Å². The number of benzene rings is 2. The Labute approximate surface area is 145 Å². The van der Waals surface area contributed by atoms with Crippen molar-refractivity contribution in [3.05, 3.63) is 57.6 Å². The maximum atomic E-state index is 11.2. The largest absolute Gasteiger partial charge is 0.297 e. The number of amides is 1. The van der Waals surface area contributed by atoms with Crippen LogP contribution < -0.4 is 4.90 Å². The summed E-state index contributed by atoms with van der Waals surface area (Å²) in [7, 11) is 0. The highest BCUT2D eigenvalue weighted by Gasteiger charge is 2.43. The molecule has 0 unspecified atom stereocenters. The smallest absolute Gasteiger partial charge is 0.234 e. The van der Waals surface area contributed by atoms with Gasteiger partial charge in [0.15, 0.2) is 0 Å². The Morgan fingerprint density at radius 1 is 1.13 bits per heavy atom. The number of nitrogens with zero attached hydrogens (tertiary/aromatic N) is 2. The molecule has 2 aromatic carbocycles. The fourth-order valence-corrected chi connectivity index (χ4v) is 3.57. The Balaban J connectivity index is 2.34. The number of hydrogen-bond acceptors (Lipinski definition) is 1. The van der Waals surface area contributed by atoms with Crippen molar-refractivity contribution in [3.63, 3.8) is 0 Å². The summed E-state index contributed by atoms with van der Waals surface area (Å²) in [4.78, 5) is 17.5. The summed E-state index contributed by atoms with van der Waals surface area (Å²) in [6.45, 7) is 8.41. The topological polar surface area (TPSA) is 32.7 Å². The number of rotatable bonds is 2. The molecular weight excluding hydrogens is 352 g/mol. The highest BCUT2D eigenvalue weighted by Crippen LogP contribution is 2.47. The summed E-state index contributed by atoms with van der Waals surface area (Å²) in [5.41, 5.74) is 5.38. The van der Waals surface area contributed by atoms with Crippen LogP contribution in [0.1, 0.15) is 30.5 Å². The zero-order valence-electron chi connectivity index (χ0n) is 13.7. The molecule has 1 aliphatic heterocycles. The van der Waals surface area contributed by atoms with Crippen molar-refractivity contribution in [3.8, 4) is 0 Å². The third kappa shape index (κ3) is 2.41. The molecule has 0 N–H and O–H groups in total. The molecule has 118 valence electrons.